The van der Waals surface area contributed by atoms with E-state index in [9.17, 15) is 14.9 Å². The van der Waals surface area contributed by atoms with E-state index in [1.807, 2.05) is 30.3 Å². The van der Waals surface area contributed by atoms with Crippen LogP contribution in [0.4, 0.5) is 5.69 Å². The molecule has 2 aromatic rings. The predicted octanol–water partition coefficient (Wildman–Crippen LogP) is 2.29. The van der Waals surface area contributed by atoms with Gasteiger partial charge in [-0.1, -0.05) is 30.3 Å². The Hall–Kier alpha value is -2.70. The molecule has 0 aliphatic heterocycles. The van der Waals surface area contributed by atoms with Crippen molar-refractivity contribution in [3.8, 4) is 0 Å². The number of rotatable bonds is 5. The molecular weight excluding hydrogens is 284 g/mol. The first kappa shape index (κ1) is 15.7. The maximum absolute atomic E-state index is 12.2. The number of nitrogens with one attached hydrogen (secondary N) is 1. The number of aryl methyl sites for hydroxylation is 1. The second-order valence-corrected chi connectivity index (χ2v) is 5.10. The van der Waals surface area contributed by atoms with Gasteiger partial charge in [-0.05, 0) is 26.3 Å². The first-order valence-electron chi connectivity index (χ1n) is 6.93. The van der Waals surface area contributed by atoms with Gasteiger partial charge in [0.15, 0.2) is 0 Å². The topological polar surface area (TPSA) is 90.1 Å². The molecule has 1 N–H and O–H groups in total. The summed E-state index contributed by atoms with van der Waals surface area (Å²) < 4.78 is 1.40. The average Bonchev–Trinajstić information content (AvgIpc) is 2.80. The summed E-state index contributed by atoms with van der Waals surface area (Å²) in [6, 6.07) is 8.92. The number of aromatic nitrogens is 2. The molecule has 2 rings (SSSR count). The fourth-order valence-electron chi connectivity index (χ4n) is 2.34. The zero-order valence-corrected chi connectivity index (χ0v) is 12.7. The van der Waals surface area contributed by atoms with Crippen LogP contribution in [0.1, 0.15) is 29.9 Å². The van der Waals surface area contributed by atoms with Crippen molar-refractivity contribution in [2.45, 2.75) is 33.4 Å². The molecule has 116 valence electrons. The number of nitrogens with zero attached hydrogens (tertiary/aromatic N) is 3. The van der Waals surface area contributed by atoms with E-state index in [0.717, 1.165) is 5.56 Å². The van der Waals surface area contributed by atoms with E-state index in [2.05, 4.69) is 10.4 Å². The van der Waals surface area contributed by atoms with E-state index in [1.165, 1.54) is 4.68 Å². The Morgan fingerprint density at radius 3 is 2.55 bits per heavy atom. The minimum atomic E-state index is -0.615. The Balaban J connectivity index is 2.11. The number of benzene rings is 1. The van der Waals surface area contributed by atoms with Gasteiger partial charge in [0.2, 0.25) is 5.91 Å². The standard InChI is InChI=1S/C15H18N4O3/c1-10-14(19(21)22)11(2)18(17-10)12(3)15(20)16-9-13-7-5-4-6-8-13/h4-8,12H,9H2,1-3H3,(H,16,20)/t12-/m0/s1. The van der Waals surface area contributed by atoms with Gasteiger partial charge in [-0.15, -0.1) is 0 Å². The molecule has 1 aromatic heterocycles. The molecule has 1 aromatic carbocycles. The van der Waals surface area contributed by atoms with Crippen LogP contribution in [0.5, 0.6) is 0 Å². The summed E-state index contributed by atoms with van der Waals surface area (Å²) in [5.41, 5.74) is 1.64. The van der Waals surface area contributed by atoms with Crippen molar-refractivity contribution >= 4 is 11.6 Å². The lowest BCUT2D eigenvalue weighted by Crippen LogP contribution is -2.31. The van der Waals surface area contributed by atoms with Crippen LogP contribution in [-0.4, -0.2) is 20.6 Å². The van der Waals surface area contributed by atoms with Gasteiger partial charge in [0, 0.05) is 6.54 Å². The highest BCUT2D eigenvalue weighted by molar-refractivity contribution is 5.80. The molecule has 0 bridgehead atoms. The summed E-state index contributed by atoms with van der Waals surface area (Å²) in [5.74, 6) is -0.232. The van der Waals surface area contributed by atoms with Gasteiger partial charge in [0.05, 0.1) is 4.92 Å². The van der Waals surface area contributed by atoms with Crippen molar-refractivity contribution in [1.29, 1.82) is 0 Å². The average molecular weight is 302 g/mol. The number of carbonyl (C=O) groups excluding carboxylic acids is 1. The SMILES string of the molecule is Cc1nn([C@@H](C)C(=O)NCc2ccccc2)c(C)c1[N+](=O)[O-]. The van der Waals surface area contributed by atoms with Crippen molar-refractivity contribution in [1.82, 2.24) is 15.1 Å². The second kappa shape index (κ2) is 6.38. The van der Waals surface area contributed by atoms with E-state index < -0.39 is 11.0 Å². The summed E-state index contributed by atoms with van der Waals surface area (Å²) in [6.45, 7) is 5.24. The number of amides is 1. The minimum Gasteiger partial charge on any atom is -0.350 e. The number of nitro groups is 1. The molecule has 0 unspecified atom stereocenters. The van der Waals surface area contributed by atoms with E-state index >= 15 is 0 Å². The Morgan fingerprint density at radius 1 is 1.36 bits per heavy atom. The van der Waals surface area contributed by atoms with E-state index in [-0.39, 0.29) is 11.6 Å². The molecule has 22 heavy (non-hydrogen) atoms. The molecule has 1 amide bonds. The zero-order valence-electron chi connectivity index (χ0n) is 12.7. The first-order valence-corrected chi connectivity index (χ1v) is 6.93. The van der Waals surface area contributed by atoms with Crippen LogP contribution in [0.3, 0.4) is 0 Å². The third-order valence-electron chi connectivity index (χ3n) is 3.53. The number of hydrogen-bond donors (Lipinski definition) is 1. The Bertz CT molecular complexity index is 694. The summed E-state index contributed by atoms with van der Waals surface area (Å²) in [4.78, 5) is 22.8. The van der Waals surface area contributed by atoms with Crippen molar-refractivity contribution in [3.63, 3.8) is 0 Å². The van der Waals surface area contributed by atoms with Gasteiger partial charge >= 0.3 is 5.69 Å². The van der Waals surface area contributed by atoms with Crippen LogP contribution in [0.15, 0.2) is 30.3 Å². The van der Waals surface area contributed by atoms with Gasteiger partial charge in [-0.2, -0.15) is 5.10 Å². The molecule has 0 fully saturated rings. The van der Waals surface area contributed by atoms with E-state index in [4.69, 9.17) is 0 Å². The maximum atomic E-state index is 12.2. The Morgan fingerprint density at radius 2 is 2.00 bits per heavy atom. The number of hydrogen-bond acceptors (Lipinski definition) is 4. The Labute approximate surface area is 128 Å². The van der Waals surface area contributed by atoms with Crippen molar-refractivity contribution < 1.29 is 9.72 Å². The molecule has 1 atom stereocenters. The largest absolute Gasteiger partial charge is 0.350 e. The zero-order chi connectivity index (χ0) is 16.3. The third-order valence-corrected chi connectivity index (χ3v) is 3.53. The van der Waals surface area contributed by atoms with Crippen LogP contribution in [0.25, 0.3) is 0 Å². The summed E-state index contributed by atoms with van der Waals surface area (Å²) in [6.07, 6.45) is 0. The fourth-order valence-corrected chi connectivity index (χ4v) is 2.34. The summed E-state index contributed by atoms with van der Waals surface area (Å²) >= 11 is 0. The highest BCUT2D eigenvalue weighted by Gasteiger charge is 2.26. The fraction of sp³-hybridized carbons (Fsp3) is 0.333. The first-order chi connectivity index (χ1) is 10.4. The van der Waals surface area contributed by atoms with Gasteiger partial charge < -0.3 is 5.32 Å². The predicted molar refractivity (Wildman–Crippen MR) is 81.4 cm³/mol. The van der Waals surface area contributed by atoms with Crippen molar-refractivity contribution in [3.05, 3.63) is 57.4 Å². The molecule has 0 saturated carbocycles. The summed E-state index contributed by atoms with van der Waals surface area (Å²) in [7, 11) is 0. The van der Waals surface area contributed by atoms with Gasteiger partial charge in [0.1, 0.15) is 17.4 Å². The summed E-state index contributed by atoms with van der Waals surface area (Å²) in [5, 5.41) is 17.9. The lowest BCUT2D eigenvalue weighted by molar-refractivity contribution is -0.386. The van der Waals surface area contributed by atoms with Crippen LogP contribution in [-0.2, 0) is 11.3 Å². The molecule has 0 aliphatic rings. The van der Waals surface area contributed by atoms with Crippen LogP contribution < -0.4 is 5.32 Å². The van der Waals surface area contributed by atoms with Crippen LogP contribution >= 0.6 is 0 Å². The quantitative estimate of drug-likeness (QED) is 0.677. The lowest BCUT2D eigenvalue weighted by atomic mass is 10.2. The molecule has 0 spiro atoms. The highest BCUT2D eigenvalue weighted by Crippen LogP contribution is 2.24. The lowest BCUT2D eigenvalue weighted by Gasteiger charge is -2.14. The molecule has 0 saturated heterocycles. The van der Waals surface area contributed by atoms with Gasteiger partial charge in [-0.3, -0.25) is 19.6 Å². The molecule has 1 heterocycles. The highest BCUT2D eigenvalue weighted by atomic mass is 16.6. The Kier molecular flexibility index (Phi) is 4.55. The molecule has 7 nitrogen and oxygen atoms in total. The van der Waals surface area contributed by atoms with Crippen molar-refractivity contribution in [2.75, 3.05) is 0 Å². The molecular formula is C15H18N4O3. The van der Waals surface area contributed by atoms with Crippen LogP contribution in [0.2, 0.25) is 0 Å². The monoisotopic (exact) mass is 302 g/mol. The second-order valence-electron chi connectivity index (χ2n) is 5.10. The smallest absolute Gasteiger partial charge is 0.312 e. The minimum absolute atomic E-state index is 0.0392. The van der Waals surface area contributed by atoms with Gasteiger partial charge in [0.25, 0.3) is 0 Å². The van der Waals surface area contributed by atoms with E-state index in [1.54, 1.807) is 20.8 Å². The molecule has 7 heteroatoms. The molecule has 0 radical (unpaired) electrons. The van der Waals surface area contributed by atoms with Gasteiger partial charge in [-0.25, -0.2) is 0 Å². The van der Waals surface area contributed by atoms with Crippen molar-refractivity contribution in [2.24, 2.45) is 0 Å². The molecule has 0 aliphatic carbocycles. The number of carbonyl (C=O) groups is 1. The maximum Gasteiger partial charge on any atom is 0.312 e. The van der Waals surface area contributed by atoms with E-state index in [0.29, 0.717) is 17.9 Å². The third kappa shape index (κ3) is 3.13. The normalized spacial score (nSPS) is 12.0. The van der Waals surface area contributed by atoms with Crippen LogP contribution in [0, 0.1) is 24.0 Å².